The second-order valence-electron chi connectivity index (χ2n) is 6.81. The number of hydrogen-bond donors (Lipinski definition) is 3. The van der Waals surface area contributed by atoms with Gasteiger partial charge in [-0.2, -0.15) is 9.78 Å². The third kappa shape index (κ3) is 4.57. The van der Waals surface area contributed by atoms with Gasteiger partial charge in [0, 0.05) is 23.9 Å². The van der Waals surface area contributed by atoms with Crippen molar-refractivity contribution in [1.82, 2.24) is 25.1 Å². The van der Waals surface area contributed by atoms with Gasteiger partial charge < -0.3 is 10.6 Å². The molecule has 0 spiro atoms. The third-order valence-corrected chi connectivity index (χ3v) is 4.44. The van der Waals surface area contributed by atoms with Crippen LogP contribution in [0.25, 0.3) is 5.95 Å². The molecular formula is C20H22N6O3. The Balaban J connectivity index is 1.75. The van der Waals surface area contributed by atoms with Crippen LogP contribution in [0.3, 0.4) is 0 Å². The first-order valence-electron chi connectivity index (χ1n) is 9.04. The van der Waals surface area contributed by atoms with Crippen LogP contribution < -0.4 is 16.2 Å². The fourth-order valence-corrected chi connectivity index (χ4v) is 2.62. The van der Waals surface area contributed by atoms with Gasteiger partial charge in [0.1, 0.15) is 5.82 Å². The maximum Gasteiger partial charge on any atom is 0.314 e. The van der Waals surface area contributed by atoms with Crippen molar-refractivity contribution >= 4 is 17.6 Å². The second kappa shape index (κ2) is 8.09. The first kappa shape index (κ1) is 20.0. The molecule has 3 rings (SSSR count). The van der Waals surface area contributed by atoms with E-state index >= 15 is 0 Å². The highest BCUT2D eigenvalue weighted by Crippen LogP contribution is 2.14. The zero-order valence-corrected chi connectivity index (χ0v) is 16.7. The van der Waals surface area contributed by atoms with Gasteiger partial charge >= 0.3 is 11.8 Å². The van der Waals surface area contributed by atoms with E-state index in [0.717, 1.165) is 11.1 Å². The summed E-state index contributed by atoms with van der Waals surface area (Å²) in [6.45, 7) is 7.31. The highest BCUT2D eigenvalue weighted by molar-refractivity contribution is 6.39. The monoisotopic (exact) mass is 394 g/mol. The Morgan fingerprint density at radius 3 is 2.41 bits per heavy atom. The Bertz CT molecular complexity index is 1130. The molecule has 29 heavy (non-hydrogen) atoms. The Morgan fingerprint density at radius 1 is 1.07 bits per heavy atom. The Labute approximate surface area is 167 Å². The van der Waals surface area contributed by atoms with Gasteiger partial charge in [0.05, 0.1) is 5.69 Å². The van der Waals surface area contributed by atoms with Gasteiger partial charge in [0.25, 0.3) is 5.56 Å². The fourth-order valence-electron chi connectivity index (χ4n) is 2.62. The van der Waals surface area contributed by atoms with Crippen LogP contribution in [0.2, 0.25) is 0 Å². The molecule has 0 fully saturated rings. The highest BCUT2D eigenvalue weighted by atomic mass is 16.2. The molecular weight excluding hydrogens is 372 g/mol. The smallest absolute Gasteiger partial charge is 0.314 e. The van der Waals surface area contributed by atoms with E-state index in [9.17, 15) is 14.4 Å². The van der Waals surface area contributed by atoms with Crippen LogP contribution in [0, 0.1) is 27.7 Å². The zero-order chi connectivity index (χ0) is 21.1. The highest BCUT2D eigenvalue weighted by Gasteiger charge is 2.18. The molecule has 3 aromatic rings. The van der Waals surface area contributed by atoms with Gasteiger partial charge in [0.2, 0.25) is 5.95 Å². The number of aromatic nitrogens is 4. The van der Waals surface area contributed by atoms with E-state index in [1.807, 2.05) is 31.2 Å². The molecule has 0 saturated heterocycles. The summed E-state index contributed by atoms with van der Waals surface area (Å²) < 4.78 is 1.29. The molecule has 0 radical (unpaired) electrons. The molecule has 0 unspecified atom stereocenters. The van der Waals surface area contributed by atoms with E-state index in [2.05, 4.69) is 25.7 Å². The number of nitrogens with zero attached hydrogens (tertiary/aromatic N) is 3. The van der Waals surface area contributed by atoms with Crippen molar-refractivity contribution in [1.29, 1.82) is 0 Å². The van der Waals surface area contributed by atoms with Crippen LogP contribution in [-0.4, -0.2) is 31.6 Å². The van der Waals surface area contributed by atoms with E-state index in [0.29, 0.717) is 17.0 Å². The first-order valence-corrected chi connectivity index (χ1v) is 9.04. The second-order valence-corrected chi connectivity index (χ2v) is 6.81. The summed E-state index contributed by atoms with van der Waals surface area (Å²) in [5.74, 6) is -1.24. The lowest BCUT2D eigenvalue weighted by atomic mass is 10.1. The molecule has 0 saturated carbocycles. The van der Waals surface area contributed by atoms with Crippen molar-refractivity contribution in [2.24, 2.45) is 0 Å². The molecule has 9 nitrogen and oxygen atoms in total. The van der Waals surface area contributed by atoms with Crippen molar-refractivity contribution in [2.75, 3.05) is 5.32 Å². The quantitative estimate of drug-likeness (QED) is 0.578. The number of carbonyl (C=O) groups is 2. The largest absolute Gasteiger partial charge is 0.344 e. The van der Waals surface area contributed by atoms with Gasteiger partial charge in [-0.15, -0.1) is 0 Å². The number of rotatable bonds is 4. The maximum atomic E-state index is 12.3. The summed E-state index contributed by atoms with van der Waals surface area (Å²) in [4.78, 5) is 43.4. The predicted molar refractivity (Wildman–Crippen MR) is 108 cm³/mol. The van der Waals surface area contributed by atoms with Gasteiger partial charge in [0.15, 0.2) is 0 Å². The number of amides is 2. The summed E-state index contributed by atoms with van der Waals surface area (Å²) in [5.41, 5.74) is 3.33. The SMILES string of the molecule is Cc1ccc(CNC(=O)C(=O)Nc2cc(C)nn2-c2nc(C)c(C)c(=O)[nH]2)cc1. The number of aryl methyl sites for hydroxylation is 3. The van der Waals surface area contributed by atoms with Crippen molar-refractivity contribution in [3.63, 3.8) is 0 Å². The molecule has 0 aliphatic carbocycles. The van der Waals surface area contributed by atoms with Crippen molar-refractivity contribution in [3.8, 4) is 5.95 Å². The molecule has 0 aliphatic heterocycles. The number of benzene rings is 1. The molecule has 150 valence electrons. The van der Waals surface area contributed by atoms with Gasteiger partial charge in [-0.05, 0) is 33.3 Å². The van der Waals surface area contributed by atoms with Crippen molar-refractivity contribution in [3.05, 3.63) is 68.8 Å². The van der Waals surface area contributed by atoms with Crippen LogP contribution in [0.15, 0.2) is 35.1 Å². The molecule has 0 bridgehead atoms. The Morgan fingerprint density at radius 2 is 1.76 bits per heavy atom. The van der Waals surface area contributed by atoms with E-state index < -0.39 is 11.8 Å². The molecule has 9 heteroatoms. The van der Waals surface area contributed by atoms with E-state index in [4.69, 9.17) is 0 Å². The van der Waals surface area contributed by atoms with Crippen LogP contribution >= 0.6 is 0 Å². The minimum Gasteiger partial charge on any atom is -0.344 e. The Kier molecular flexibility index (Phi) is 5.58. The first-order chi connectivity index (χ1) is 13.7. The van der Waals surface area contributed by atoms with Crippen molar-refractivity contribution in [2.45, 2.75) is 34.2 Å². The van der Waals surface area contributed by atoms with E-state index in [-0.39, 0.29) is 23.9 Å². The number of nitrogens with one attached hydrogen (secondary N) is 3. The minimum absolute atomic E-state index is 0.154. The average molecular weight is 394 g/mol. The molecule has 2 heterocycles. The lowest BCUT2D eigenvalue weighted by molar-refractivity contribution is -0.136. The summed E-state index contributed by atoms with van der Waals surface area (Å²) >= 11 is 0. The molecule has 3 N–H and O–H groups in total. The van der Waals surface area contributed by atoms with Crippen LogP contribution in [-0.2, 0) is 16.1 Å². The average Bonchev–Trinajstić information content (AvgIpc) is 3.05. The van der Waals surface area contributed by atoms with Gasteiger partial charge in [-0.1, -0.05) is 29.8 Å². The van der Waals surface area contributed by atoms with Crippen molar-refractivity contribution < 1.29 is 9.59 Å². The molecule has 0 atom stereocenters. The molecule has 1 aromatic carbocycles. The number of H-pyrrole nitrogens is 1. The molecule has 2 aromatic heterocycles. The van der Waals surface area contributed by atoms with Crippen LogP contribution in [0.4, 0.5) is 5.82 Å². The standard InChI is InChI=1S/C20H22N6O3/c1-11-5-7-15(8-6-11)10-21-18(28)19(29)23-16-9-12(2)25-26(16)20-22-14(4)13(3)17(27)24-20/h5-9H,10H2,1-4H3,(H,21,28)(H,23,29)(H,22,24,27). The summed E-state index contributed by atoms with van der Waals surface area (Å²) in [6.07, 6.45) is 0. The normalized spacial score (nSPS) is 10.6. The lowest BCUT2D eigenvalue weighted by Gasteiger charge is -2.09. The van der Waals surface area contributed by atoms with Crippen LogP contribution in [0.1, 0.15) is 28.1 Å². The Hall–Kier alpha value is -3.75. The number of hydrogen-bond acceptors (Lipinski definition) is 5. The molecule has 0 aliphatic rings. The number of carbonyl (C=O) groups excluding carboxylic acids is 2. The predicted octanol–water partition coefficient (Wildman–Crippen LogP) is 1.44. The van der Waals surface area contributed by atoms with E-state index in [1.165, 1.54) is 4.68 Å². The minimum atomic E-state index is -0.843. The van der Waals surface area contributed by atoms with E-state index in [1.54, 1.807) is 26.8 Å². The summed E-state index contributed by atoms with van der Waals surface area (Å²) in [7, 11) is 0. The topological polar surface area (TPSA) is 122 Å². The van der Waals surface area contributed by atoms with Gasteiger partial charge in [-0.3, -0.25) is 19.4 Å². The summed E-state index contributed by atoms with van der Waals surface area (Å²) in [5, 5.41) is 9.34. The third-order valence-electron chi connectivity index (χ3n) is 4.44. The maximum absolute atomic E-state index is 12.3. The van der Waals surface area contributed by atoms with Crippen LogP contribution in [0.5, 0.6) is 0 Å². The van der Waals surface area contributed by atoms with Gasteiger partial charge in [-0.25, -0.2) is 4.98 Å². The fraction of sp³-hybridized carbons (Fsp3) is 0.250. The number of aromatic amines is 1. The number of anilines is 1. The summed E-state index contributed by atoms with van der Waals surface area (Å²) in [6, 6.07) is 9.21. The molecule has 2 amide bonds. The zero-order valence-electron chi connectivity index (χ0n) is 16.7. The lowest BCUT2D eigenvalue weighted by Crippen LogP contribution is -2.35.